The maximum Gasteiger partial charge on any atom is 0.350 e. The Morgan fingerprint density at radius 3 is 2.66 bits per heavy atom. The van der Waals surface area contributed by atoms with Crippen LogP contribution in [0.15, 0.2) is 21.7 Å². The molecule has 9 heteroatoms. The van der Waals surface area contributed by atoms with Gasteiger partial charge in [-0.15, -0.1) is 0 Å². The number of nitrogens with two attached hydrogens (primary N) is 2. The van der Waals surface area contributed by atoms with Crippen LogP contribution in [-0.4, -0.2) is 47.8 Å². The van der Waals surface area contributed by atoms with Crippen LogP contribution in [0.1, 0.15) is 31.4 Å². The lowest BCUT2D eigenvalue weighted by atomic mass is 9.99. The van der Waals surface area contributed by atoms with Gasteiger partial charge in [-0.3, -0.25) is 9.36 Å². The molecule has 1 saturated heterocycles. The summed E-state index contributed by atoms with van der Waals surface area (Å²) in [6, 6.07) is 3.16. The zero-order chi connectivity index (χ0) is 20.9. The predicted octanol–water partition coefficient (Wildman–Crippen LogP) is 0.658. The lowest BCUT2D eigenvalue weighted by Crippen LogP contribution is -2.44. The third-order valence-electron chi connectivity index (χ3n) is 6.11. The molecule has 4 N–H and O–H groups in total. The molecule has 4 rings (SSSR count). The third-order valence-corrected chi connectivity index (χ3v) is 6.11. The standard InChI is InChI=1S/C20H28FN5O3/c1-3-29-10-16(22)14-8-24(9-15(14)21)17-7-6-13-18(11(17)2)25(12-4-5-12)20(28)26(23)19(13)27/h6-7,12,14-16H,3-5,8-10,22-23H2,1-2H3/t14-,15+,16-/m0/s1. The Labute approximate surface area is 167 Å². The fourth-order valence-electron chi connectivity index (χ4n) is 4.38. The van der Waals surface area contributed by atoms with Crippen LogP contribution in [0.25, 0.3) is 10.9 Å². The first-order valence-electron chi connectivity index (χ1n) is 10.1. The molecular formula is C20H28FN5O3. The number of hydrogen-bond acceptors (Lipinski definition) is 6. The highest BCUT2D eigenvalue weighted by Crippen LogP contribution is 2.38. The van der Waals surface area contributed by atoms with E-state index in [9.17, 15) is 14.0 Å². The highest BCUT2D eigenvalue weighted by Gasteiger charge is 2.38. The van der Waals surface area contributed by atoms with Crippen molar-refractivity contribution in [3.8, 4) is 0 Å². The van der Waals surface area contributed by atoms with Crippen LogP contribution in [0.2, 0.25) is 0 Å². The van der Waals surface area contributed by atoms with E-state index in [1.54, 1.807) is 10.6 Å². The van der Waals surface area contributed by atoms with Crippen LogP contribution in [0.3, 0.4) is 0 Å². The number of aromatic nitrogens is 2. The zero-order valence-corrected chi connectivity index (χ0v) is 16.8. The van der Waals surface area contributed by atoms with Crippen molar-refractivity contribution in [1.29, 1.82) is 0 Å². The molecule has 0 amide bonds. The molecule has 1 aliphatic carbocycles. The quantitative estimate of drug-likeness (QED) is 0.684. The van der Waals surface area contributed by atoms with Crippen LogP contribution in [0.5, 0.6) is 0 Å². The number of nitrogens with zero attached hydrogens (tertiary/aromatic N) is 3. The topological polar surface area (TPSA) is 109 Å². The molecule has 2 aromatic rings. The molecule has 158 valence electrons. The number of halogens is 1. The van der Waals surface area contributed by atoms with Gasteiger partial charge in [-0.05, 0) is 44.4 Å². The van der Waals surface area contributed by atoms with Crippen LogP contribution in [0, 0.1) is 12.8 Å². The molecule has 8 nitrogen and oxygen atoms in total. The van der Waals surface area contributed by atoms with Crippen molar-refractivity contribution in [1.82, 2.24) is 9.24 Å². The molecule has 1 saturated carbocycles. The summed E-state index contributed by atoms with van der Waals surface area (Å²) in [6.45, 7) is 5.30. The normalized spacial score (nSPS) is 23.1. The first-order chi connectivity index (χ1) is 13.8. The molecule has 2 fully saturated rings. The fraction of sp³-hybridized carbons (Fsp3) is 0.600. The van der Waals surface area contributed by atoms with Crippen molar-refractivity contribution in [2.75, 3.05) is 37.0 Å². The van der Waals surface area contributed by atoms with Gasteiger partial charge in [0.15, 0.2) is 0 Å². The van der Waals surface area contributed by atoms with Crippen LogP contribution < -0.4 is 27.7 Å². The summed E-state index contributed by atoms with van der Waals surface area (Å²) in [7, 11) is 0. The first-order valence-corrected chi connectivity index (χ1v) is 10.1. The molecule has 1 aromatic heterocycles. The zero-order valence-electron chi connectivity index (χ0n) is 16.8. The van der Waals surface area contributed by atoms with Crippen molar-refractivity contribution < 1.29 is 9.13 Å². The summed E-state index contributed by atoms with van der Waals surface area (Å²) in [6.07, 6.45) is 0.687. The fourth-order valence-corrected chi connectivity index (χ4v) is 4.38. The van der Waals surface area contributed by atoms with Gasteiger partial charge in [-0.1, -0.05) is 0 Å². The minimum absolute atomic E-state index is 0.0502. The Balaban J connectivity index is 1.76. The Hall–Kier alpha value is -2.39. The Morgan fingerprint density at radius 1 is 1.28 bits per heavy atom. The number of fused-ring (bicyclic) bond motifs is 1. The Kier molecular flexibility index (Phi) is 5.12. The van der Waals surface area contributed by atoms with Gasteiger partial charge in [0.05, 0.1) is 17.5 Å². The van der Waals surface area contributed by atoms with Crippen molar-refractivity contribution in [2.45, 2.75) is 44.9 Å². The number of nitrogen functional groups attached to an aromatic ring is 1. The summed E-state index contributed by atoms with van der Waals surface area (Å²) in [5.41, 5.74) is 7.33. The van der Waals surface area contributed by atoms with E-state index in [4.69, 9.17) is 16.3 Å². The van der Waals surface area contributed by atoms with Crippen LogP contribution in [0.4, 0.5) is 10.1 Å². The van der Waals surface area contributed by atoms with Gasteiger partial charge in [0.25, 0.3) is 5.56 Å². The number of aryl methyl sites for hydroxylation is 1. The van der Waals surface area contributed by atoms with E-state index in [2.05, 4.69) is 0 Å². The minimum Gasteiger partial charge on any atom is -0.380 e. The summed E-state index contributed by atoms with van der Waals surface area (Å²) in [5, 5.41) is 0.404. The Bertz CT molecular complexity index is 1050. The Morgan fingerprint density at radius 2 is 2.00 bits per heavy atom. The van der Waals surface area contributed by atoms with Crippen LogP contribution >= 0.6 is 0 Å². The summed E-state index contributed by atoms with van der Waals surface area (Å²) >= 11 is 0. The number of rotatable bonds is 6. The number of anilines is 1. The molecule has 0 radical (unpaired) electrons. The molecule has 2 heterocycles. The van der Waals surface area contributed by atoms with E-state index in [0.29, 0.717) is 35.3 Å². The smallest absolute Gasteiger partial charge is 0.350 e. The van der Waals surface area contributed by atoms with Gasteiger partial charge >= 0.3 is 5.69 Å². The summed E-state index contributed by atoms with van der Waals surface area (Å²) < 4.78 is 22.4. The first kappa shape index (κ1) is 19.9. The molecule has 29 heavy (non-hydrogen) atoms. The molecule has 2 aliphatic rings. The van der Waals surface area contributed by atoms with E-state index in [0.717, 1.165) is 24.1 Å². The van der Waals surface area contributed by atoms with Gasteiger partial charge in [0.2, 0.25) is 0 Å². The van der Waals surface area contributed by atoms with Crippen LogP contribution in [-0.2, 0) is 4.74 Å². The average molecular weight is 405 g/mol. The van der Waals surface area contributed by atoms with E-state index in [1.165, 1.54) is 0 Å². The van der Waals surface area contributed by atoms with E-state index in [1.807, 2.05) is 24.8 Å². The van der Waals surface area contributed by atoms with Gasteiger partial charge in [0.1, 0.15) is 6.17 Å². The van der Waals surface area contributed by atoms with E-state index < -0.39 is 17.4 Å². The van der Waals surface area contributed by atoms with E-state index >= 15 is 0 Å². The van der Waals surface area contributed by atoms with Gasteiger partial charge in [-0.25, -0.2) is 9.18 Å². The summed E-state index contributed by atoms with van der Waals surface area (Å²) in [5.74, 6) is 5.39. The molecule has 0 spiro atoms. The minimum atomic E-state index is -1.07. The highest BCUT2D eigenvalue weighted by molar-refractivity contribution is 5.87. The number of hydrogen-bond donors (Lipinski definition) is 2. The van der Waals surface area contributed by atoms with Crippen molar-refractivity contribution >= 4 is 16.6 Å². The third kappa shape index (κ3) is 3.32. The second kappa shape index (κ2) is 7.46. The second-order valence-corrected chi connectivity index (χ2v) is 8.07. The summed E-state index contributed by atoms with van der Waals surface area (Å²) in [4.78, 5) is 27.2. The maximum absolute atomic E-state index is 14.7. The van der Waals surface area contributed by atoms with Crippen molar-refractivity contribution in [3.63, 3.8) is 0 Å². The lowest BCUT2D eigenvalue weighted by molar-refractivity contribution is 0.105. The highest BCUT2D eigenvalue weighted by atomic mass is 19.1. The molecule has 1 aromatic carbocycles. The van der Waals surface area contributed by atoms with Crippen molar-refractivity contribution in [2.24, 2.45) is 11.7 Å². The lowest BCUT2D eigenvalue weighted by Gasteiger charge is -2.24. The number of alkyl halides is 1. The van der Waals surface area contributed by atoms with E-state index in [-0.39, 0.29) is 24.5 Å². The monoisotopic (exact) mass is 405 g/mol. The molecule has 1 aliphatic heterocycles. The molecule has 0 unspecified atom stereocenters. The largest absolute Gasteiger partial charge is 0.380 e. The number of ether oxygens (including phenoxy) is 1. The maximum atomic E-state index is 14.7. The van der Waals surface area contributed by atoms with Gasteiger partial charge < -0.3 is 21.2 Å². The SMILES string of the molecule is CCOC[C@H](N)[C@H]1CN(c2ccc3c(=O)n(N)c(=O)n(C4CC4)c3c2C)C[C@H]1F. The van der Waals surface area contributed by atoms with Crippen molar-refractivity contribution in [3.05, 3.63) is 38.5 Å². The van der Waals surface area contributed by atoms with Gasteiger partial charge in [-0.2, -0.15) is 4.68 Å². The average Bonchev–Trinajstić information content (AvgIpc) is 3.46. The van der Waals surface area contributed by atoms with Gasteiger partial charge in [0, 0.05) is 43.4 Å². The molecule has 3 atom stereocenters. The molecular weight excluding hydrogens is 377 g/mol. The predicted molar refractivity (Wildman–Crippen MR) is 111 cm³/mol. The number of benzene rings is 1. The molecule has 0 bridgehead atoms. The second-order valence-electron chi connectivity index (χ2n) is 8.07.